The fourth-order valence-corrected chi connectivity index (χ4v) is 4.42. The molecule has 1 aromatic heterocycles. The summed E-state index contributed by atoms with van der Waals surface area (Å²) in [7, 11) is -4.47. The third-order valence-corrected chi connectivity index (χ3v) is 6.45. The van der Waals surface area contributed by atoms with Crippen LogP contribution in [0, 0.1) is 5.82 Å². The molecule has 1 aliphatic heterocycles. The van der Waals surface area contributed by atoms with Crippen LogP contribution < -0.4 is 15.1 Å². The molecule has 0 radical (unpaired) electrons. The minimum absolute atomic E-state index is 0.0575. The second kappa shape index (κ2) is 9.56. The van der Waals surface area contributed by atoms with Crippen LogP contribution in [0.5, 0.6) is 5.75 Å². The van der Waals surface area contributed by atoms with Crippen LogP contribution in [0.25, 0.3) is 0 Å². The first kappa shape index (κ1) is 23.3. The van der Waals surface area contributed by atoms with E-state index in [0.717, 1.165) is 4.57 Å². The van der Waals surface area contributed by atoms with E-state index < -0.39 is 44.6 Å². The molecule has 9 nitrogen and oxygen atoms in total. The highest BCUT2D eigenvalue weighted by atomic mass is 32.2. The van der Waals surface area contributed by atoms with E-state index in [2.05, 4.69) is 10.3 Å². The van der Waals surface area contributed by atoms with Crippen molar-refractivity contribution in [2.45, 2.75) is 37.2 Å². The zero-order valence-electron chi connectivity index (χ0n) is 17.9. The topological polar surface area (TPSA) is 124 Å². The van der Waals surface area contributed by atoms with Crippen molar-refractivity contribution in [2.24, 2.45) is 0 Å². The van der Waals surface area contributed by atoms with Crippen LogP contribution in [0.15, 0.2) is 64.3 Å². The summed E-state index contributed by atoms with van der Waals surface area (Å²) in [6.07, 6.45) is 1.17. The molecule has 0 fully saturated rings. The molecule has 34 heavy (non-hydrogen) atoms. The number of carbonyl (C=O) groups excluding carboxylic acids is 2. The van der Waals surface area contributed by atoms with E-state index in [1.54, 1.807) is 6.07 Å². The SMILES string of the molecule is O=C(NCc1ccc(F)cc1)c1nc2n(c(=O)c1OS(=O)(=O)c1ccccc1)CCCCC2=O. The van der Waals surface area contributed by atoms with Crippen molar-refractivity contribution in [3.05, 3.63) is 87.9 Å². The van der Waals surface area contributed by atoms with Gasteiger partial charge in [-0.05, 0) is 42.7 Å². The van der Waals surface area contributed by atoms with E-state index in [-0.39, 0.29) is 30.2 Å². The quantitative estimate of drug-likeness (QED) is 0.532. The van der Waals surface area contributed by atoms with Crippen molar-refractivity contribution in [2.75, 3.05) is 0 Å². The summed E-state index contributed by atoms with van der Waals surface area (Å²) in [6, 6.07) is 12.5. The molecule has 0 aliphatic carbocycles. The summed E-state index contributed by atoms with van der Waals surface area (Å²) in [6.45, 7) is 0.0736. The largest absolute Gasteiger partial charge is 0.370 e. The maximum absolute atomic E-state index is 13.2. The normalized spacial score (nSPS) is 13.6. The van der Waals surface area contributed by atoms with E-state index >= 15 is 0 Å². The lowest BCUT2D eigenvalue weighted by molar-refractivity contribution is 0.0942. The van der Waals surface area contributed by atoms with Crippen molar-refractivity contribution < 1.29 is 26.6 Å². The molecule has 0 unspecified atom stereocenters. The third kappa shape index (κ3) is 4.88. The van der Waals surface area contributed by atoms with Crippen molar-refractivity contribution in [3.63, 3.8) is 0 Å². The molecule has 2 heterocycles. The Hall–Kier alpha value is -3.86. The van der Waals surface area contributed by atoms with Crippen LogP contribution in [0.2, 0.25) is 0 Å². The first-order chi connectivity index (χ1) is 16.3. The number of hydrogen-bond acceptors (Lipinski definition) is 7. The highest BCUT2D eigenvalue weighted by molar-refractivity contribution is 7.87. The van der Waals surface area contributed by atoms with E-state index in [1.165, 1.54) is 48.5 Å². The third-order valence-electron chi connectivity index (χ3n) is 5.22. The number of amides is 1. The molecule has 1 amide bonds. The maximum Gasteiger partial charge on any atom is 0.339 e. The van der Waals surface area contributed by atoms with Gasteiger partial charge in [-0.15, -0.1) is 0 Å². The summed E-state index contributed by atoms with van der Waals surface area (Å²) in [5, 5.41) is 2.51. The Kier molecular flexibility index (Phi) is 6.55. The van der Waals surface area contributed by atoms with Crippen molar-refractivity contribution >= 4 is 21.8 Å². The molecule has 0 saturated heterocycles. The number of nitrogens with zero attached hydrogens (tertiary/aromatic N) is 2. The van der Waals surface area contributed by atoms with Gasteiger partial charge in [-0.3, -0.25) is 19.0 Å². The minimum Gasteiger partial charge on any atom is -0.370 e. The highest BCUT2D eigenvalue weighted by Gasteiger charge is 2.30. The Morgan fingerprint density at radius 2 is 1.76 bits per heavy atom. The molecule has 11 heteroatoms. The molecule has 0 spiro atoms. The number of carbonyl (C=O) groups is 2. The number of benzene rings is 2. The molecule has 4 rings (SSSR count). The molecule has 1 N–H and O–H groups in total. The standard InChI is InChI=1S/C23H20FN3O6S/c24-16-11-9-15(10-12-16)14-25-22(29)19-20(33-34(31,32)17-6-2-1-3-7-17)23(30)27-13-5-4-8-18(28)21(27)26-19/h1-3,6-7,9-12H,4-5,8,13-14H2,(H,25,29). The number of fused-ring (bicyclic) bond motifs is 1. The Balaban J connectivity index is 1.76. The predicted molar refractivity (Wildman–Crippen MR) is 119 cm³/mol. The summed E-state index contributed by atoms with van der Waals surface area (Å²) in [5.74, 6) is -2.81. The lowest BCUT2D eigenvalue weighted by Crippen LogP contribution is -2.34. The predicted octanol–water partition coefficient (Wildman–Crippen LogP) is 2.45. The van der Waals surface area contributed by atoms with Gasteiger partial charge < -0.3 is 9.50 Å². The smallest absolute Gasteiger partial charge is 0.339 e. The Bertz CT molecular complexity index is 1400. The van der Waals surface area contributed by atoms with E-state index in [1.807, 2.05) is 0 Å². The second-order valence-corrected chi connectivity index (χ2v) is 9.16. The first-order valence-electron chi connectivity index (χ1n) is 10.5. The highest BCUT2D eigenvalue weighted by Crippen LogP contribution is 2.21. The lowest BCUT2D eigenvalue weighted by Gasteiger charge is -2.15. The number of nitrogens with one attached hydrogen (secondary N) is 1. The zero-order chi connectivity index (χ0) is 24.3. The molecule has 1 aliphatic rings. The van der Waals surface area contributed by atoms with Gasteiger partial charge in [-0.1, -0.05) is 30.3 Å². The fraction of sp³-hybridized carbons (Fsp3) is 0.217. The minimum atomic E-state index is -4.47. The Morgan fingerprint density at radius 1 is 1.06 bits per heavy atom. The zero-order valence-corrected chi connectivity index (χ0v) is 18.7. The summed E-state index contributed by atoms with van der Waals surface area (Å²) in [4.78, 5) is 42.6. The molecule has 0 saturated carbocycles. The molecule has 0 atom stereocenters. The first-order valence-corrected chi connectivity index (χ1v) is 11.9. The van der Waals surface area contributed by atoms with E-state index in [4.69, 9.17) is 4.18 Å². The molecule has 176 valence electrons. The van der Waals surface area contributed by atoms with Gasteiger partial charge in [0.15, 0.2) is 17.3 Å². The number of Topliss-reactive ketones (excluding diaryl/α,β-unsaturated/α-hetero) is 1. The average Bonchev–Trinajstić information content (AvgIpc) is 3.02. The summed E-state index contributed by atoms with van der Waals surface area (Å²) >= 11 is 0. The Labute approximate surface area is 194 Å². The second-order valence-electron chi connectivity index (χ2n) is 7.61. The molecular formula is C23H20FN3O6S. The maximum atomic E-state index is 13.2. The van der Waals surface area contributed by atoms with E-state index in [9.17, 15) is 27.2 Å². The molecule has 0 bridgehead atoms. The fourth-order valence-electron chi connectivity index (χ4n) is 3.47. The van der Waals surface area contributed by atoms with Gasteiger partial charge in [0.05, 0.1) is 0 Å². The van der Waals surface area contributed by atoms with Gasteiger partial charge in [-0.2, -0.15) is 8.42 Å². The number of aromatic nitrogens is 2. The van der Waals surface area contributed by atoms with Gasteiger partial charge in [0.1, 0.15) is 10.7 Å². The van der Waals surface area contributed by atoms with Crippen molar-refractivity contribution in [1.29, 1.82) is 0 Å². The average molecular weight is 485 g/mol. The summed E-state index contributed by atoms with van der Waals surface area (Å²) < 4.78 is 44.9. The van der Waals surface area contributed by atoms with Crippen LogP contribution in [0.1, 0.15) is 45.9 Å². The van der Waals surface area contributed by atoms with Gasteiger partial charge in [0, 0.05) is 19.5 Å². The van der Waals surface area contributed by atoms with Crippen LogP contribution in [-0.2, 0) is 23.2 Å². The van der Waals surface area contributed by atoms with Crippen LogP contribution in [-0.4, -0.2) is 29.7 Å². The number of halogens is 1. The van der Waals surface area contributed by atoms with Crippen LogP contribution in [0.4, 0.5) is 4.39 Å². The molecule has 3 aromatic rings. The van der Waals surface area contributed by atoms with Gasteiger partial charge in [0.25, 0.3) is 11.5 Å². The van der Waals surface area contributed by atoms with Crippen LogP contribution in [0.3, 0.4) is 0 Å². The Morgan fingerprint density at radius 3 is 2.47 bits per heavy atom. The molecular weight excluding hydrogens is 465 g/mol. The van der Waals surface area contributed by atoms with Gasteiger partial charge in [-0.25, -0.2) is 9.37 Å². The van der Waals surface area contributed by atoms with E-state index in [0.29, 0.717) is 18.4 Å². The number of ketones is 1. The monoisotopic (exact) mass is 485 g/mol. The van der Waals surface area contributed by atoms with Gasteiger partial charge >= 0.3 is 10.1 Å². The van der Waals surface area contributed by atoms with Gasteiger partial charge in [0.2, 0.25) is 5.75 Å². The molecule has 2 aromatic carbocycles. The van der Waals surface area contributed by atoms with Crippen LogP contribution >= 0.6 is 0 Å². The number of rotatable bonds is 6. The van der Waals surface area contributed by atoms with Crippen molar-refractivity contribution in [3.8, 4) is 5.75 Å². The lowest BCUT2D eigenvalue weighted by atomic mass is 10.2. The summed E-state index contributed by atoms with van der Waals surface area (Å²) in [5.41, 5.74) is -1.00. The van der Waals surface area contributed by atoms with Crippen molar-refractivity contribution in [1.82, 2.24) is 14.9 Å². The number of hydrogen-bond donors (Lipinski definition) is 1.